The van der Waals surface area contributed by atoms with Crippen molar-refractivity contribution >= 4 is 44.2 Å². The van der Waals surface area contributed by atoms with Crippen LogP contribution in [0.2, 0.25) is 0 Å². The van der Waals surface area contributed by atoms with E-state index in [4.69, 9.17) is 5.10 Å². The second kappa shape index (κ2) is 6.26. The third kappa shape index (κ3) is 3.02. The van der Waals surface area contributed by atoms with Gasteiger partial charge in [-0.15, -0.1) is 10.2 Å². The summed E-state index contributed by atoms with van der Waals surface area (Å²) in [4.78, 5) is 5.30. The van der Waals surface area contributed by atoms with E-state index < -0.39 is 0 Å². The Morgan fingerprint density at radius 3 is 2.91 bits per heavy atom. The lowest BCUT2D eigenvalue weighted by Crippen LogP contribution is -1.95. The standard InChI is InChI=1S/C15H15N5S3/c1-9-3-4-11(7-10(9)2)13-19-20-12(17-18-14(20)23-13)8-22-15-16-5-6-21-15/h3-4,7H,5-6,8H2,1-2H3. The van der Waals surface area contributed by atoms with Crippen LogP contribution in [0.25, 0.3) is 15.5 Å². The molecule has 0 saturated heterocycles. The molecule has 0 amide bonds. The van der Waals surface area contributed by atoms with Gasteiger partial charge < -0.3 is 0 Å². The van der Waals surface area contributed by atoms with Crippen LogP contribution >= 0.6 is 34.9 Å². The summed E-state index contributed by atoms with van der Waals surface area (Å²) in [6.45, 7) is 5.17. The molecule has 0 atom stereocenters. The van der Waals surface area contributed by atoms with Gasteiger partial charge in [0.25, 0.3) is 0 Å². The minimum Gasteiger partial charge on any atom is -0.271 e. The fourth-order valence-electron chi connectivity index (χ4n) is 2.27. The van der Waals surface area contributed by atoms with Crippen LogP contribution in [-0.2, 0) is 5.75 Å². The molecule has 0 radical (unpaired) electrons. The highest BCUT2D eigenvalue weighted by atomic mass is 32.2. The smallest absolute Gasteiger partial charge is 0.235 e. The fraction of sp³-hybridized carbons (Fsp3) is 0.333. The van der Waals surface area contributed by atoms with Gasteiger partial charge in [0, 0.05) is 11.3 Å². The van der Waals surface area contributed by atoms with Gasteiger partial charge in [0.1, 0.15) is 9.38 Å². The third-order valence-corrected chi connectivity index (χ3v) is 6.89. The van der Waals surface area contributed by atoms with E-state index in [0.717, 1.165) is 43.8 Å². The van der Waals surface area contributed by atoms with Gasteiger partial charge in [0.15, 0.2) is 5.82 Å². The molecule has 2 aromatic heterocycles. The number of benzene rings is 1. The normalized spacial score (nSPS) is 14.6. The minimum atomic E-state index is 0.753. The van der Waals surface area contributed by atoms with Crippen molar-refractivity contribution in [1.29, 1.82) is 0 Å². The largest absolute Gasteiger partial charge is 0.271 e. The predicted molar refractivity (Wildman–Crippen MR) is 99.6 cm³/mol. The Labute approximate surface area is 146 Å². The molecule has 5 nitrogen and oxygen atoms in total. The summed E-state index contributed by atoms with van der Waals surface area (Å²) in [6, 6.07) is 6.44. The molecule has 0 unspecified atom stereocenters. The number of hydrogen-bond acceptors (Lipinski definition) is 7. The first-order chi connectivity index (χ1) is 11.2. The molecule has 0 aliphatic carbocycles. The lowest BCUT2D eigenvalue weighted by Gasteiger charge is -2.01. The molecule has 0 spiro atoms. The lowest BCUT2D eigenvalue weighted by molar-refractivity contribution is 0.888. The Hall–Kier alpha value is -1.38. The molecule has 1 aliphatic rings. The molecule has 23 heavy (non-hydrogen) atoms. The molecule has 3 aromatic rings. The lowest BCUT2D eigenvalue weighted by atomic mass is 10.1. The molecule has 0 bridgehead atoms. The van der Waals surface area contributed by atoms with Gasteiger partial charge >= 0.3 is 0 Å². The van der Waals surface area contributed by atoms with Crippen molar-refractivity contribution in [2.45, 2.75) is 19.6 Å². The van der Waals surface area contributed by atoms with Crippen molar-refractivity contribution in [1.82, 2.24) is 19.8 Å². The van der Waals surface area contributed by atoms with E-state index in [-0.39, 0.29) is 0 Å². The van der Waals surface area contributed by atoms with Crippen molar-refractivity contribution in [2.75, 3.05) is 12.3 Å². The van der Waals surface area contributed by atoms with Crippen molar-refractivity contribution in [2.24, 2.45) is 4.99 Å². The monoisotopic (exact) mass is 361 g/mol. The molecule has 118 valence electrons. The van der Waals surface area contributed by atoms with E-state index in [0.29, 0.717) is 0 Å². The fourth-order valence-corrected chi connectivity index (χ4v) is 5.04. The zero-order valence-electron chi connectivity index (χ0n) is 12.8. The first-order valence-electron chi connectivity index (χ1n) is 7.29. The molecule has 0 N–H and O–H groups in total. The van der Waals surface area contributed by atoms with Gasteiger partial charge in [0.05, 0.1) is 12.3 Å². The van der Waals surface area contributed by atoms with Gasteiger partial charge in [-0.3, -0.25) is 4.99 Å². The average Bonchev–Trinajstić information content (AvgIpc) is 3.24. The molecule has 4 rings (SSSR count). The maximum absolute atomic E-state index is 4.71. The number of aryl methyl sites for hydroxylation is 2. The summed E-state index contributed by atoms with van der Waals surface area (Å²) in [5.74, 6) is 2.72. The van der Waals surface area contributed by atoms with Crippen molar-refractivity contribution in [3.05, 3.63) is 35.2 Å². The molecule has 0 fully saturated rings. The number of thioether (sulfide) groups is 2. The summed E-state index contributed by atoms with van der Waals surface area (Å²) in [5.41, 5.74) is 3.71. The molecule has 1 aliphatic heterocycles. The Kier molecular flexibility index (Phi) is 4.13. The average molecular weight is 362 g/mol. The van der Waals surface area contributed by atoms with Crippen LogP contribution < -0.4 is 0 Å². The Balaban J connectivity index is 1.61. The number of nitrogens with zero attached hydrogens (tertiary/aromatic N) is 5. The number of aliphatic imine (C=N–C) groups is 1. The molecule has 3 heterocycles. The zero-order chi connectivity index (χ0) is 15.8. The summed E-state index contributed by atoms with van der Waals surface area (Å²) in [5, 5.41) is 14.2. The highest BCUT2D eigenvalue weighted by Crippen LogP contribution is 2.29. The van der Waals surface area contributed by atoms with Gasteiger partial charge in [-0.1, -0.05) is 47.0 Å². The van der Waals surface area contributed by atoms with Crippen LogP contribution in [0.5, 0.6) is 0 Å². The molecular formula is C15H15N5S3. The summed E-state index contributed by atoms with van der Waals surface area (Å²) in [6.07, 6.45) is 0. The van der Waals surface area contributed by atoms with Crippen LogP contribution in [0.1, 0.15) is 17.0 Å². The topological polar surface area (TPSA) is 55.4 Å². The van der Waals surface area contributed by atoms with Crippen LogP contribution in [0, 0.1) is 13.8 Å². The number of fused-ring (bicyclic) bond motifs is 1. The van der Waals surface area contributed by atoms with E-state index in [1.54, 1.807) is 23.1 Å². The van der Waals surface area contributed by atoms with E-state index in [1.807, 2.05) is 16.3 Å². The highest BCUT2D eigenvalue weighted by Gasteiger charge is 2.15. The van der Waals surface area contributed by atoms with Crippen LogP contribution in [-0.4, -0.2) is 36.5 Å². The van der Waals surface area contributed by atoms with Crippen LogP contribution in [0.4, 0.5) is 0 Å². The first-order valence-corrected chi connectivity index (χ1v) is 10.1. The van der Waals surface area contributed by atoms with Crippen molar-refractivity contribution < 1.29 is 0 Å². The van der Waals surface area contributed by atoms with Crippen LogP contribution in [0.15, 0.2) is 23.2 Å². The van der Waals surface area contributed by atoms with E-state index >= 15 is 0 Å². The van der Waals surface area contributed by atoms with Gasteiger partial charge in [-0.05, 0) is 31.0 Å². The summed E-state index contributed by atoms with van der Waals surface area (Å²) in [7, 11) is 0. The number of hydrogen-bond donors (Lipinski definition) is 0. The Morgan fingerprint density at radius 2 is 2.13 bits per heavy atom. The number of rotatable bonds is 3. The third-order valence-electron chi connectivity index (χ3n) is 3.69. The van der Waals surface area contributed by atoms with Gasteiger partial charge in [0.2, 0.25) is 4.96 Å². The zero-order valence-corrected chi connectivity index (χ0v) is 15.3. The van der Waals surface area contributed by atoms with E-state index in [2.05, 4.69) is 47.2 Å². The molecule has 1 aromatic carbocycles. The summed E-state index contributed by atoms with van der Waals surface area (Å²) >= 11 is 5.11. The van der Waals surface area contributed by atoms with Crippen molar-refractivity contribution in [3.63, 3.8) is 0 Å². The van der Waals surface area contributed by atoms with E-state index in [9.17, 15) is 0 Å². The quantitative estimate of drug-likeness (QED) is 0.710. The Morgan fingerprint density at radius 1 is 1.22 bits per heavy atom. The van der Waals surface area contributed by atoms with Crippen molar-refractivity contribution in [3.8, 4) is 10.6 Å². The molecule has 8 heteroatoms. The maximum atomic E-state index is 4.71. The molecular weight excluding hydrogens is 346 g/mol. The SMILES string of the molecule is Cc1ccc(-c2nn3c(CSC4=NCCS4)nnc3s2)cc1C. The second-order valence-corrected chi connectivity index (χ2v) is 8.56. The van der Waals surface area contributed by atoms with Gasteiger partial charge in [-0.2, -0.15) is 9.61 Å². The van der Waals surface area contributed by atoms with Gasteiger partial charge in [-0.25, -0.2) is 0 Å². The number of aromatic nitrogens is 4. The van der Waals surface area contributed by atoms with Crippen LogP contribution in [0.3, 0.4) is 0 Å². The maximum Gasteiger partial charge on any atom is 0.235 e. The molecule has 0 saturated carbocycles. The predicted octanol–water partition coefficient (Wildman–Crippen LogP) is 3.81. The van der Waals surface area contributed by atoms with E-state index in [1.165, 1.54) is 11.1 Å². The summed E-state index contributed by atoms with van der Waals surface area (Å²) < 4.78 is 3.01. The second-order valence-electron chi connectivity index (χ2n) is 5.30. The Bertz CT molecular complexity index is 896. The first kappa shape index (κ1) is 15.2. The highest BCUT2D eigenvalue weighted by molar-refractivity contribution is 8.38. The minimum absolute atomic E-state index is 0.753.